The maximum atomic E-state index is 13.6. The monoisotopic (exact) mass is 253 g/mol. The van der Waals surface area contributed by atoms with E-state index in [1.807, 2.05) is 6.07 Å². The quantitative estimate of drug-likeness (QED) is 0.862. The second-order valence-corrected chi connectivity index (χ2v) is 5.12. The number of rotatable bonds is 5. The van der Waals surface area contributed by atoms with Gasteiger partial charge in [-0.05, 0) is 51.8 Å². The van der Waals surface area contributed by atoms with Crippen molar-refractivity contribution in [3.8, 4) is 0 Å². The molecule has 0 heterocycles. The molecule has 0 radical (unpaired) electrons. The zero-order valence-electron chi connectivity index (χ0n) is 12.0. The molecule has 1 rings (SSSR count). The van der Waals surface area contributed by atoms with Crippen LogP contribution < -0.4 is 4.90 Å². The Balaban J connectivity index is 3.30. The maximum absolute atomic E-state index is 13.6. The third kappa shape index (κ3) is 3.22. The summed E-state index contributed by atoms with van der Waals surface area (Å²) >= 11 is 0. The molecule has 1 aromatic carbocycles. The van der Waals surface area contributed by atoms with Gasteiger partial charge in [-0.3, -0.25) is 0 Å². The molecule has 0 saturated carbocycles. The molecule has 0 aliphatic rings. The summed E-state index contributed by atoms with van der Waals surface area (Å²) in [4.78, 5) is 2.22. The topological polar surface area (TPSA) is 23.5 Å². The lowest BCUT2D eigenvalue weighted by Gasteiger charge is -2.31. The van der Waals surface area contributed by atoms with Crippen molar-refractivity contribution in [3.63, 3.8) is 0 Å². The molecule has 0 bridgehead atoms. The number of hydrogen-bond acceptors (Lipinski definition) is 2. The molecular formula is C15H24FNO. The lowest BCUT2D eigenvalue weighted by atomic mass is 10.0. The van der Waals surface area contributed by atoms with Gasteiger partial charge in [0.15, 0.2) is 0 Å². The summed E-state index contributed by atoms with van der Waals surface area (Å²) in [5.41, 5.74) is 2.23. The summed E-state index contributed by atoms with van der Waals surface area (Å²) in [6.07, 6.45) is 0.363. The summed E-state index contributed by atoms with van der Waals surface area (Å²) < 4.78 is 13.6. The molecule has 0 amide bonds. The normalized spacial score (nSPS) is 12.9. The van der Waals surface area contributed by atoms with Gasteiger partial charge in [-0.2, -0.15) is 0 Å². The standard InChI is InChI=1S/C15H24FNO/c1-6-7-17(10(2)3)15-8-11(4)14(16)9-13(15)12(5)18/h8-10,12,18H,6-7H2,1-5H3/t12-/m1/s1. The first-order chi connectivity index (χ1) is 8.38. The van der Waals surface area contributed by atoms with Crippen LogP contribution in [0.4, 0.5) is 10.1 Å². The van der Waals surface area contributed by atoms with Crippen molar-refractivity contribution in [1.29, 1.82) is 0 Å². The molecule has 2 nitrogen and oxygen atoms in total. The SMILES string of the molecule is CCCN(c1cc(C)c(F)cc1[C@@H](C)O)C(C)C. The highest BCUT2D eigenvalue weighted by Crippen LogP contribution is 2.30. The van der Waals surface area contributed by atoms with E-state index in [9.17, 15) is 9.50 Å². The number of hydrogen-bond donors (Lipinski definition) is 1. The number of nitrogens with zero attached hydrogens (tertiary/aromatic N) is 1. The Labute approximate surface area is 109 Å². The molecule has 1 N–H and O–H groups in total. The molecule has 0 fully saturated rings. The Morgan fingerprint density at radius 2 is 1.89 bits per heavy atom. The molecule has 0 saturated heterocycles. The van der Waals surface area contributed by atoms with E-state index in [2.05, 4.69) is 25.7 Å². The summed E-state index contributed by atoms with van der Waals surface area (Å²) in [7, 11) is 0. The van der Waals surface area contributed by atoms with E-state index in [-0.39, 0.29) is 5.82 Å². The average molecular weight is 253 g/mol. The van der Waals surface area contributed by atoms with E-state index in [0.717, 1.165) is 18.7 Å². The minimum atomic E-state index is -0.659. The lowest BCUT2D eigenvalue weighted by molar-refractivity contribution is 0.199. The Morgan fingerprint density at radius 3 is 2.33 bits per heavy atom. The van der Waals surface area contributed by atoms with Gasteiger partial charge in [0.2, 0.25) is 0 Å². The van der Waals surface area contributed by atoms with Crippen LogP contribution in [0.15, 0.2) is 12.1 Å². The van der Waals surface area contributed by atoms with Gasteiger partial charge in [-0.15, -0.1) is 0 Å². The number of halogens is 1. The predicted octanol–water partition coefficient (Wildman–Crippen LogP) is 3.81. The van der Waals surface area contributed by atoms with Crippen molar-refractivity contribution in [2.24, 2.45) is 0 Å². The van der Waals surface area contributed by atoms with Crippen molar-refractivity contribution in [3.05, 3.63) is 29.1 Å². The van der Waals surface area contributed by atoms with Gasteiger partial charge in [-0.1, -0.05) is 6.92 Å². The minimum absolute atomic E-state index is 0.255. The van der Waals surface area contributed by atoms with Crippen LogP contribution in [0.5, 0.6) is 0 Å². The lowest BCUT2D eigenvalue weighted by Crippen LogP contribution is -2.32. The number of anilines is 1. The van der Waals surface area contributed by atoms with Crippen molar-refractivity contribution < 1.29 is 9.50 Å². The van der Waals surface area contributed by atoms with Crippen LogP contribution >= 0.6 is 0 Å². The average Bonchev–Trinajstić information content (AvgIpc) is 2.28. The van der Waals surface area contributed by atoms with Gasteiger partial charge in [-0.25, -0.2) is 4.39 Å². The highest BCUT2D eigenvalue weighted by Gasteiger charge is 2.18. The summed E-state index contributed by atoms with van der Waals surface area (Å²) in [5, 5.41) is 9.83. The minimum Gasteiger partial charge on any atom is -0.389 e. The Morgan fingerprint density at radius 1 is 1.28 bits per heavy atom. The van der Waals surface area contributed by atoms with Crippen LogP contribution in [0.25, 0.3) is 0 Å². The van der Waals surface area contributed by atoms with Gasteiger partial charge in [0.25, 0.3) is 0 Å². The van der Waals surface area contributed by atoms with Crippen LogP contribution in [-0.4, -0.2) is 17.7 Å². The largest absolute Gasteiger partial charge is 0.389 e. The van der Waals surface area contributed by atoms with Crippen LogP contribution in [0, 0.1) is 12.7 Å². The summed E-state index contributed by atoms with van der Waals surface area (Å²) in [5.74, 6) is -0.255. The van der Waals surface area contributed by atoms with Crippen molar-refractivity contribution in [2.45, 2.75) is 53.2 Å². The highest BCUT2D eigenvalue weighted by molar-refractivity contribution is 5.57. The number of aliphatic hydroxyl groups excluding tert-OH is 1. The molecule has 3 heteroatoms. The second-order valence-electron chi connectivity index (χ2n) is 5.12. The second kappa shape index (κ2) is 6.19. The first-order valence-electron chi connectivity index (χ1n) is 6.63. The van der Waals surface area contributed by atoms with Gasteiger partial charge < -0.3 is 10.0 Å². The van der Waals surface area contributed by atoms with Crippen LogP contribution in [-0.2, 0) is 0 Å². The van der Waals surface area contributed by atoms with Gasteiger partial charge in [0, 0.05) is 23.8 Å². The van der Waals surface area contributed by atoms with E-state index >= 15 is 0 Å². The molecule has 1 aromatic rings. The Hall–Kier alpha value is -1.09. The van der Waals surface area contributed by atoms with E-state index in [1.165, 1.54) is 6.07 Å². The first-order valence-corrected chi connectivity index (χ1v) is 6.63. The number of benzene rings is 1. The predicted molar refractivity (Wildman–Crippen MR) is 74.5 cm³/mol. The fourth-order valence-corrected chi connectivity index (χ4v) is 2.16. The molecule has 0 aliphatic heterocycles. The molecular weight excluding hydrogens is 229 g/mol. The molecule has 0 aliphatic carbocycles. The summed E-state index contributed by atoms with van der Waals surface area (Å²) in [6, 6.07) is 3.63. The van der Waals surface area contributed by atoms with Gasteiger partial charge in [0.05, 0.1) is 6.10 Å². The van der Waals surface area contributed by atoms with Crippen LogP contribution in [0.2, 0.25) is 0 Å². The smallest absolute Gasteiger partial charge is 0.126 e. The molecule has 0 spiro atoms. The fourth-order valence-electron chi connectivity index (χ4n) is 2.16. The molecule has 0 aromatic heterocycles. The van der Waals surface area contributed by atoms with Crippen molar-refractivity contribution in [2.75, 3.05) is 11.4 Å². The van der Waals surface area contributed by atoms with E-state index < -0.39 is 6.10 Å². The maximum Gasteiger partial charge on any atom is 0.126 e. The molecule has 1 atom stereocenters. The fraction of sp³-hybridized carbons (Fsp3) is 0.600. The van der Waals surface area contributed by atoms with E-state index in [1.54, 1.807) is 13.8 Å². The van der Waals surface area contributed by atoms with Gasteiger partial charge in [0.1, 0.15) is 5.82 Å². The van der Waals surface area contributed by atoms with Crippen LogP contribution in [0.3, 0.4) is 0 Å². The third-order valence-corrected chi connectivity index (χ3v) is 3.16. The molecule has 102 valence electrons. The number of aliphatic hydroxyl groups is 1. The first kappa shape index (κ1) is 15.0. The van der Waals surface area contributed by atoms with Crippen molar-refractivity contribution >= 4 is 5.69 Å². The molecule has 18 heavy (non-hydrogen) atoms. The number of aryl methyl sites for hydroxylation is 1. The zero-order chi connectivity index (χ0) is 13.9. The van der Waals surface area contributed by atoms with Crippen LogP contribution in [0.1, 0.15) is 51.3 Å². The highest BCUT2D eigenvalue weighted by atomic mass is 19.1. The molecule has 0 unspecified atom stereocenters. The van der Waals surface area contributed by atoms with E-state index in [4.69, 9.17) is 0 Å². The third-order valence-electron chi connectivity index (χ3n) is 3.16. The zero-order valence-corrected chi connectivity index (χ0v) is 12.0. The Kier molecular flexibility index (Phi) is 5.15. The van der Waals surface area contributed by atoms with Gasteiger partial charge >= 0.3 is 0 Å². The Bertz CT molecular complexity index is 402. The van der Waals surface area contributed by atoms with Crippen molar-refractivity contribution in [1.82, 2.24) is 0 Å². The van der Waals surface area contributed by atoms with E-state index in [0.29, 0.717) is 17.2 Å². The summed E-state index contributed by atoms with van der Waals surface area (Å²) in [6.45, 7) is 10.7.